The maximum absolute atomic E-state index is 5.37. The van der Waals surface area contributed by atoms with Crippen LogP contribution in [0.25, 0.3) is 11.2 Å². The van der Waals surface area contributed by atoms with Crippen LogP contribution in [-0.4, -0.2) is 28.0 Å². The molecule has 0 aliphatic heterocycles. The Bertz CT molecular complexity index is 355. The van der Waals surface area contributed by atoms with E-state index in [2.05, 4.69) is 20.2 Å². The molecule has 2 aromatic heterocycles. The van der Waals surface area contributed by atoms with E-state index in [1.807, 2.05) is 0 Å². The Morgan fingerprint density at radius 3 is 3.20 bits per heavy atom. The Kier molecular flexibility index (Phi) is 0.971. The molecule has 0 aromatic carbocycles. The SMILES string of the molecule is [B]c1cnc2[nH]ncc2n1. The summed E-state index contributed by atoms with van der Waals surface area (Å²) >= 11 is 0. The minimum atomic E-state index is 0.411. The van der Waals surface area contributed by atoms with Gasteiger partial charge in [-0.1, -0.05) is 0 Å². The van der Waals surface area contributed by atoms with E-state index in [0.717, 1.165) is 0 Å². The van der Waals surface area contributed by atoms with Crippen LogP contribution in [0.1, 0.15) is 0 Å². The van der Waals surface area contributed by atoms with Crippen molar-refractivity contribution < 1.29 is 0 Å². The molecule has 4 nitrogen and oxygen atoms in total. The molecule has 0 aliphatic rings. The van der Waals surface area contributed by atoms with Gasteiger partial charge in [-0.2, -0.15) is 5.10 Å². The van der Waals surface area contributed by atoms with E-state index in [-0.39, 0.29) is 0 Å². The number of hydrogen-bond donors (Lipinski definition) is 1. The third-order valence-electron chi connectivity index (χ3n) is 1.18. The molecule has 46 valence electrons. The molecule has 0 amide bonds. The molecule has 0 aliphatic carbocycles. The lowest BCUT2D eigenvalue weighted by atomic mass is 10.1. The molecule has 10 heavy (non-hydrogen) atoms. The fraction of sp³-hybridized carbons (Fsp3) is 0. The molecule has 2 aromatic rings. The summed E-state index contributed by atoms with van der Waals surface area (Å²) in [5.41, 5.74) is 1.77. The van der Waals surface area contributed by atoms with Gasteiger partial charge in [-0.15, -0.1) is 0 Å². The van der Waals surface area contributed by atoms with Gasteiger partial charge in [0.05, 0.1) is 6.20 Å². The van der Waals surface area contributed by atoms with Crippen molar-refractivity contribution in [3.05, 3.63) is 12.4 Å². The molecule has 0 spiro atoms. The highest BCUT2D eigenvalue weighted by Gasteiger charge is 1.95. The maximum Gasteiger partial charge on any atom is 0.174 e. The summed E-state index contributed by atoms with van der Waals surface area (Å²) in [6.45, 7) is 0. The van der Waals surface area contributed by atoms with Crippen LogP contribution < -0.4 is 5.59 Å². The summed E-state index contributed by atoms with van der Waals surface area (Å²) in [6, 6.07) is 0. The van der Waals surface area contributed by atoms with Crippen LogP contribution in [-0.2, 0) is 0 Å². The van der Waals surface area contributed by atoms with E-state index in [1.165, 1.54) is 6.20 Å². The first-order chi connectivity index (χ1) is 4.86. The Morgan fingerprint density at radius 1 is 1.40 bits per heavy atom. The molecule has 2 radical (unpaired) electrons. The largest absolute Gasteiger partial charge is 0.259 e. The molecule has 0 saturated carbocycles. The third kappa shape index (κ3) is 0.672. The molecule has 0 saturated heterocycles. The van der Waals surface area contributed by atoms with Crippen LogP contribution in [0.4, 0.5) is 0 Å². The predicted molar refractivity (Wildman–Crippen MR) is 37.1 cm³/mol. The molecule has 2 rings (SSSR count). The molecule has 1 N–H and O–H groups in total. The fourth-order valence-corrected chi connectivity index (χ4v) is 0.748. The molecular formula is C5H3BN4. The summed E-state index contributed by atoms with van der Waals surface area (Å²) < 4.78 is 0. The van der Waals surface area contributed by atoms with Gasteiger partial charge in [0.25, 0.3) is 0 Å². The van der Waals surface area contributed by atoms with Crippen LogP contribution in [0.2, 0.25) is 0 Å². The van der Waals surface area contributed by atoms with Gasteiger partial charge in [-0.05, 0) is 0 Å². The van der Waals surface area contributed by atoms with Crippen molar-refractivity contribution in [3.63, 3.8) is 0 Å². The monoisotopic (exact) mass is 130 g/mol. The number of aromatic nitrogens is 4. The number of hydrogen-bond acceptors (Lipinski definition) is 3. The minimum absolute atomic E-state index is 0.411. The van der Waals surface area contributed by atoms with E-state index >= 15 is 0 Å². The quantitative estimate of drug-likeness (QED) is 0.472. The fourth-order valence-electron chi connectivity index (χ4n) is 0.748. The lowest BCUT2D eigenvalue weighted by molar-refractivity contribution is 1.10. The Balaban J connectivity index is 2.86. The zero-order valence-corrected chi connectivity index (χ0v) is 5.07. The van der Waals surface area contributed by atoms with Gasteiger partial charge >= 0.3 is 0 Å². The van der Waals surface area contributed by atoms with Crippen LogP contribution in [0, 0.1) is 0 Å². The summed E-state index contributed by atoms with van der Waals surface area (Å²) in [5.74, 6) is 0. The minimum Gasteiger partial charge on any atom is -0.259 e. The van der Waals surface area contributed by atoms with Gasteiger partial charge < -0.3 is 0 Å². The van der Waals surface area contributed by atoms with Crippen LogP contribution in [0.15, 0.2) is 12.4 Å². The summed E-state index contributed by atoms with van der Waals surface area (Å²) in [6.07, 6.45) is 3.07. The molecule has 0 unspecified atom stereocenters. The Hall–Kier alpha value is -1.39. The van der Waals surface area contributed by atoms with E-state index in [0.29, 0.717) is 16.8 Å². The Labute approximate surface area is 58.1 Å². The molecular weight excluding hydrogens is 127 g/mol. The van der Waals surface area contributed by atoms with Gasteiger partial charge in [0.2, 0.25) is 0 Å². The van der Waals surface area contributed by atoms with Crippen molar-refractivity contribution in [2.24, 2.45) is 0 Å². The summed E-state index contributed by atoms with van der Waals surface area (Å²) in [7, 11) is 5.37. The number of nitrogens with zero attached hydrogens (tertiary/aromatic N) is 3. The van der Waals surface area contributed by atoms with Crippen LogP contribution in [0.3, 0.4) is 0 Å². The van der Waals surface area contributed by atoms with Crippen molar-refractivity contribution in [3.8, 4) is 0 Å². The van der Waals surface area contributed by atoms with Crippen molar-refractivity contribution in [2.45, 2.75) is 0 Å². The second-order valence-electron chi connectivity index (χ2n) is 1.90. The van der Waals surface area contributed by atoms with E-state index in [1.54, 1.807) is 6.20 Å². The van der Waals surface area contributed by atoms with Crippen molar-refractivity contribution in [1.29, 1.82) is 0 Å². The zero-order valence-electron chi connectivity index (χ0n) is 5.07. The van der Waals surface area contributed by atoms with E-state index < -0.39 is 0 Å². The summed E-state index contributed by atoms with van der Waals surface area (Å²) in [5, 5.41) is 6.40. The highest BCUT2D eigenvalue weighted by atomic mass is 15.1. The lowest BCUT2D eigenvalue weighted by Crippen LogP contribution is -2.07. The van der Waals surface area contributed by atoms with Gasteiger partial charge in [0.1, 0.15) is 13.4 Å². The highest BCUT2D eigenvalue weighted by molar-refractivity contribution is 6.30. The Morgan fingerprint density at radius 2 is 2.30 bits per heavy atom. The van der Waals surface area contributed by atoms with Gasteiger partial charge in [0, 0.05) is 11.8 Å². The molecule has 0 bridgehead atoms. The third-order valence-corrected chi connectivity index (χ3v) is 1.18. The first kappa shape index (κ1) is 5.40. The number of aromatic amines is 1. The first-order valence-corrected chi connectivity index (χ1v) is 2.78. The molecule has 0 atom stereocenters. The number of rotatable bonds is 0. The molecule has 2 heterocycles. The molecule has 0 fully saturated rings. The van der Waals surface area contributed by atoms with Crippen molar-refractivity contribution in [1.82, 2.24) is 20.2 Å². The maximum atomic E-state index is 5.37. The van der Waals surface area contributed by atoms with Crippen LogP contribution in [0.5, 0.6) is 0 Å². The second kappa shape index (κ2) is 1.80. The number of H-pyrrole nitrogens is 1. The van der Waals surface area contributed by atoms with Crippen molar-refractivity contribution >= 4 is 24.6 Å². The normalized spacial score (nSPS) is 10.4. The number of fused-ring (bicyclic) bond motifs is 1. The predicted octanol–water partition coefficient (Wildman–Crippen LogP) is -0.853. The topological polar surface area (TPSA) is 54.5 Å². The van der Waals surface area contributed by atoms with Crippen molar-refractivity contribution in [2.75, 3.05) is 0 Å². The molecule has 5 heteroatoms. The van der Waals surface area contributed by atoms with Gasteiger partial charge in [-0.25, -0.2) is 4.98 Å². The van der Waals surface area contributed by atoms with E-state index in [9.17, 15) is 0 Å². The van der Waals surface area contributed by atoms with E-state index in [4.69, 9.17) is 7.85 Å². The summed E-state index contributed by atoms with van der Waals surface area (Å²) in [4.78, 5) is 7.89. The smallest absolute Gasteiger partial charge is 0.174 e. The van der Waals surface area contributed by atoms with Gasteiger partial charge in [0.15, 0.2) is 5.65 Å². The van der Waals surface area contributed by atoms with Crippen LogP contribution >= 0.6 is 0 Å². The lowest BCUT2D eigenvalue weighted by Gasteiger charge is -1.88. The second-order valence-corrected chi connectivity index (χ2v) is 1.90. The first-order valence-electron chi connectivity index (χ1n) is 2.78. The number of nitrogens with one attached hydrogen (secondary N) is 1. The average molecular weight is 130 g/mol. The standard InChI is InChI=1S/C5H3BN4/c6-4-2-7-5-3(9-4)1-8-10-5/h1-2H,(H,7,8,10). The zero-order chi connectivity index (χ0) is 6.97. The van der Waals surface area contributed by atoms with Gasteiger partial charge in [-0.3, -0.25) is 10.1 Å². The highest BCUT2D eigenvalue weighted by Crippen LogP contribution is 1.97. The average Bonchev–Trinajstić information content (AvgIpc) is 2.33.